The Morgan fingerprint density at radius 3 is 1.60 bits per heavy atom. The molecular formula is C28H26F6N2O4. The topological polar surface area (TPSA) is 89.4 Å². The molecule has 0 amide bonds. The Bertz CT molecular complexity index is 1440. The summed E-state index contributed by atoms with van der Waals surface area (Å²) < 4.78 is 85.6. The zero-order chi connectivity index (χ0) is 29.8. The summed E-state index contributed by atoms with van der Waals surface area (Å²) in [5.41, 5.74) is 0.348. The second-order valence-corrected chi connectivity index (χ2v) is 8.75. The summed E-state index contributed by atoms with van der Waals surface area (Å²) >= 11 is 0. The fourth-order valence-corrected chi connectivity index (χ4v) is 3.57. The Kier molecular flexibility index (Phi) is 9.24. The van der Waals surface area contributed by atoms with Gasteiger partial charge in [0.2, 0.25) is 11.8 Å². The quantitative estimate of drug-likeness (QED) is 0.186. The molecule has 214 valence electrons. The molecule has 0 bridgehead atoms. The predicted molar refractivity (Wildman–Crippen MR) is 133 cm³/mol. The van der Waals surface area contributed by atoms with E-state index in [0.29, 0.717) is 34.7 Å². The monoisotopic (exact) mass is 568 g/mol. The average molecular weight is 569 g/mol. The van der Waals surface area contributed by atoms with Crippen LogP contribution in [0, 0.1) is 13.8 Å². The number of alkyl halides is 6. The maximum absolute atomic E-state index is 12.5. The van der Waals surface area contributed by atoms with Gasteiger partial charge in [0.25, 0.3) is 0 Å². The summed E-state index contributed by atoms with van der Waals surface area (Å²) in [6, 6.07) is 9.01. The number of benzene rings is 2. The van der Waals surface area contributed by atoms with E-state index in [2.05, 4.69) is 9.97 Å². The fraction of sp³-hybridized carbons (Fsp3) is 0.321. The lowest BCUT2D eigenvalue weighted by molar-refractivity contribution is -0.138. The van der Waals surface area contributed by atoms with E-state index < -0.39 is 29.6 Å². The molecule has 2 aromatic carbocycles. The highest BCUT2D eigenvalue weighted by atomic mass is 19.4. The third-order valence-corrected chi connectivity index (χ3v) is 5.81. The molecule has 1 atom stereocenters. The van der Waals surface area contributed by atoms with E-state index in [1.807, 2.05) is 0 Å². The number of ketones is 1. The first-order chi connectivity index (χ1) is 18.6. The molecule has 1 N–H and O–H groups in total. The molecule has 2 heterocycles. The Morgan fingerprint density at radius 2 is 1.20 bits per heavy atom. The number of aliphatic hydroxyl groups excluding tert-OH is 1. The van der Waals surface area contributed by atoms with Crippen molar-refractivity contribution in [1.82, 2.24) is 9.97 Å². The van der Waals surface area contributed by atoms with Gasteiger partial charge < -0.3 is 13.9 Å². The minimum atomic E-state index is -4.38. The molecule has 0 spiro atoms. The van der Waals surface area contributed by atoms with E-state index in [4.69, 9.17) is 8.83 Å². The van der Waals surface area contributed by atoms with Gasteiger partial charge in [-0.25, -0.2) is 9.97 Å². The van der Waals surface area contributed by atoms with Gasteiger partial charge in [-0.05, 0) is 68.8 Å². The number of carbonyl (C=O) groups is 1. The highest BCUT2D eigenvalue weighted by Gasteiger charge is 2.31. The first kappa shape index (κ1) is 30.6. The lowest BCUT2D eigenvalue weighted by Gasteiger charge is -2.06. The van der Waals surface area contributed by atoms with Crippen LogP contribution in [0.1, 0.15) is 71.6 Å². The van der Waals surface area contributed by atoms with Crippen LogP contribution in [0.5, 0.6) is 0 Å². The van der Waals surface area contributed by atoms with Gasteiger partial charge in [-0.2, -0.15) is 26.3 Å². The first-order valence-corrected chi connectivity index (χ1v) is 12.2. The van der Waals surface area contributed by atoms with E-state index in [1.54, 1.807) is 27.7 Å². The van der Waals surface area contributed by atoms with Crippen molar-refractivity contribution in [3.8, 4) is 22.9 Å². The van der Waals surface area contributed by atoms with Gasteiger partial charge in [-0.1, -0.05) is 13.8 Å². The van der Waals surface area contributed by atoms with Gasteiger partial charge >= 0.3 is 12.4 Å². The third-order valence-electron chi connectivity index (χ3n) is 5.81. The number of hydrogen-bond donors (Lipinski definition) is 1. The number of aromatic nitrogens is 2. The van der Waals surface area contributed by atoms with Gasteiger partial charge in [0, 0.05) is 17.5 Å². The van der Waals surface area contributed by atoms with Gasteiger partial charge in [0.1, 0.15) is 6.10 Å². The minimum absolute atomic E-state index is 0.146. The second kappa shape index (κ2) is 12.1. The van der Waals surface area contributed by atoms with Gasteiger partial charge in [-0.3, -0.25) is 4.79 Å². The smallest absolute Gasteiger partial charge is 0.416 e. The number of aliphatic hydroxyl groups is 1. The predicted octanol–water partition coefficient (Wildman–Crippen LogP) is 8.37. The summed E-state index contributed by atoms with van der Waals surface area (Å²) in [4.78, 5) is 19.8. The Morgan fingerprint density at radius 1 is 0.775 bits per heavy atom. The SMILES string of the molecule is CCC(=O)c1oc(-c2ccc(C(F)(F)F)cc2)nc1C.CCC(O)c1oc(-c2ccc(C(F)(F)F)cc2)nc1C. The lowest BCUT2D eigenvalue weighted by atomic mass is 10.1. The van der Waals surface area contributed by atoms with Crippen molar-refractivity contribution in [3.05, 3.63) is 82.6 Å². The van der Waals surface area contributed by atoms with Crippen LogP contribution in [0.15, 0.2) is 57.4 Å². The van der Waals surface area contributed by atoms with Crippen LogP contribution in [0.3, 0.4) is 0 Å². The molecule has 0 saturated carbocycles. The van der Waals surface area contributed by atoms with E-state index in [0.717, 1.165) is 24.3 Å². The van der Waals surface area contributed by atoms with Crippen molar-refractivity contribution in [3.63, 3.8) is 0 Å². The molecule has 12 heteroatoms. The van der Waals surface area contributed by atoms with Crippen molar-refractivity contribution < 1.29 is 45.1 Å². The number of oxazole rings is 2. The van der Waals surface area contributed by atoms with Gasteiger partial charge in [0.05, 0.1) is 22.5 Å². The molecule has 0 aliphatic carbocycles. The van der Waals surface area contributed by atoms with Crippen LogP contribution in [-0.2, 0) is 12.4 Å². The lowest BCUT2D eigenvalue weighted by Crippen LogP contribution is -2.03. The second-order valence-electron chi connectivity index (χ2n) is 8.75. The van der Waals surface area contributed by atoms with Crippen molar-refractivity contribution in [2.24, 2.45) is 0 Å². The van der Waals surface area contributed by atoms with E-state index in [9.17, 15) is 36.2 Å². The number of carbonyl (C=O) groups excluding carboxylic acids is 1. The van der Waals surface area contributed by atoms with Gasteiger partial charge in [0.15, 0.2) is 17.3 Å². The summed E-state index contributed by atoms with van der Waals surface area (Å²) in [6.07, 6.45) is -8.75. The Hall–Kier alpha value is -3.93. The number of hydrogen-bond acceptors (Lipinski definition) is 6. The molecule has 40 heavy (non-hydrogen) atoms. The first-order valence-electron chi connectivity index (χ1n) is 12.2. The van der Waals surface area contributed by atoms with E-state index in [1.165, 1.54) is 24.3 Å². The Balaban J connectivity index is 0.000000220. The van der Waals surface area contributed by atoms with Crippen LogP contribution in [-0.4, -0.2) is 20.9 Å². The van der Waals surface area contributed by atoms with Crippen molar-refractivity contribution in [2.75, 3.05) is 0 Å². The van der Waals surface area contributed by atoms with E-state index in [-0.39, 0.29) is 29.7 Å². The molecule has 0 aliphatic rings. The molecule has 0 fully saturated rings. The number of nitrogens with zero attached hydrogens (tertiary/aromatic N) is 2. The van der Waals surface area contributed by atoms with Crippen LogP contribution >= 0.6 is 0 Å². The zero-order valence-corrected chi connectivity index (χ0v) is 21.9. The minimum Gasteiger partial charge on any atom is -0.438 e. The molecule has 4 aromatic rings. The normalized spacial score (nSPS) is 12.6. The third kappa shape index (κ3) is 7.17. The number of Topliss-reactive ketones (excluding diaryl/α,β-unsaturated/α-hetero) is 1. The van der Waals surface area contributed by atoms with Crippen molar-refractivity contribution in [2.45, 2.75) is 59.0 Å². The number of halogens is 6. The molecule has 2 aromatic heterocycles. The summed E-state index contributed by atoms with van der Waals surface area (Å²) in [5, 5.41) is 9.74. The highest BCUT2D eigenvalue weighted by molar-refractivity contribution is 5.94. The summed E-state index contributed by atoms with van der Waals surface area (Å²) in [5.74, 6) is 0.671. The molecule has 6 nitrogen and oxygen atoms in total. The summed E-state index contributed by atoms with van der Waals surface area (Å²) in [6.45, 7) is 6.80. The van der Waals surface area contributed by atoms with Crippen LogP contribution in [0.4, 0.5) is 26.3 Å². The van der Waals surface area contributed by atoms with E-state index >= 15 is 0 Å². The van der Waals surface area contributed by atoms with Gasteiger partial charge in [-0.15, -0.1) is 0 Å². The average Bonchev–Trinajstić information content (AvgIpc) is 3.50. The molecule has 1 unspecified atom stereocenters. The van der Waals surface area contributed by atoms with Crippen molar-refractivity contribution in [1.29, 1.82) is 0 Å². The number of rotatable bonds is 6. The number of aryl methyl sites for hydroxylation is 2. The molecule has 0 saturated heterocycles. The summed E-state index contributed by atoms with van der Waals surface area (Å²) in [7, 11) is 0. The maximum atomic E-state index is 12.5. The zero-order valence-electron chi connectivity index (χ0n) is 21.9. The van der Waals surface area contributed by atoms with Crippen LogP contribution in [0.25, 0.3) is 22.9 Å². The highest BCUT2D eigenvalue weighted by Crippen LogP contribution is 2.33. The fourth-order valence-electron chi connectivity index (χ4n) is 3.57. The Labute approximate surface area is 225 Å². The molecule has 0 radical (unpaired) electrons. The van der Waals surface area contributed by atoms with Crippen LogP contribution < -0.4 is 0 Å². The van der Waals surface area contributed by atoms with Crippen LogP contribution in [0.2, 0.25) is 0 Å². The standard InChI is InChI=1S/C14H14F3NO2.C14H12F3NO2/c2*1-3-11(19)12-8(2)18-13(20-12)9-4-6-10(7-5-9)14(15,16)17/h4-7,11,19H,3H2,1-2H3;4-7H,3H2,1-2H3. The molecule has 4 rings (SSSR count). The maximum Gasteiger partial charge on any atom is 0.416 e. The largest absolute Gasteiger partial charge is 0.438 e. The van der Waals surface area contributed by atoms with Crippen molar-refractivity contribution >= 4 is 5.78 Å². The molecule has 0 aliphatic heterocycles. The molecular weight excluding hydrogens is 542 g/mol.